The van der Waals surface area contributed by atoms with Gasteiger partial charge in [-0.1, -0.05) is 6.07 Å². The summed E-state index contributed by atoms with van der Waals surface area (Å²) in [6.45, 7) is 8.83. The number of benzene rings is 1. The van der Waals surface area contributed by atoms with E-state index in [0.29, 0.717) is 6.04 Å². The van der Waals surface area contributed by atoms with Gasteiger partial charge in [0.25, 0.3) is 5.91 Å². The van der Waals surface area contributed by atoms with E-state index in [9.17, 15) is 4.79 Å². The van der Waals surface area contributed by atoms with Crippen molar-refractivity contribution in [2.75, 3.05) is 59.4 Å². The summed E-state index contributed by atoms with van der Waals surface area (Å²) in [6.07, 6.45) is 6.05. The zero-order valence-electron chi connectivity index (χ0n) is 16.8. The molecule has 1 N–H and O–H groups in total. The van der Waals surface area contributed by atoms with Crippen molar-refractivity contribution in [1.29, 1.82) is 0 Å². The van der Waals surface area contributed by atoms with Gasteiger partial charge >= 0.3 is 0 Å². The number of likely N-dealkylation sites (tertiary alicyclic amines) is 1. The van der Waals surface area contributed by atoms with Crippen molar-refractivity contribution < 1.29 is 4.79 Å². The number of nitrogens with zero attached hydrogens (tertiary/aromatic N) is 3. The molecule has 5 heteroatoms. The molecule has 3 aliphatic rings. The van der Waals surface area contributed by atoms with Crippen LogP contribution < -0.4 is 5.32 Å². The van der Waals surface area contributed by atoms with Crippen LogP contribution in [0.2, 0.25) is 0 Å². The summed E-state index contributed by atoms with van der Waals surface area (Å²) < 4.78 is 0. The van der Waals surface area contributed by atoms with E-state index in [0.717, 1.165) is 31.5 Å². The Morgan fingerprint density at radius 3 is 2.63 bits per heavy atom. The molecule has 2 fully saturated rings. The number of carbonyl (C=O) groups is 1. The minimum atomic E-state index is 0.0817. The molecule has 1 atom stereocenters. The van der Waals surface area contributed by atoms with Crippen LogP contribution in [0.1, 0.15) is 40.7 Å². The molecule has 0 saturated carbocycles. The van der Waals surface area contributed by atoms with Crippen LogP contribution in [0.3, 0.4) is 0 Å². The Morgan fingerprint density at radius 1 is 1.07 bits per heavy atom. The van der Waals surface area contributed by atoms with Crippen molar-refractivity contribution in [3.05, 3.63) is 34.9 Å². The topological polar surface area (TPSA) is 38.8 Å². The number of aryl methyl sites for hydroxylation is 1. The minimum Gasteiger partial charge on any atom is -0.351 e. The normalized spacial score (nSPS) is 24.7. The molecule has 1 aliphatic carbocycles. The molecule has 1 unspecified atom stereocenters. The molecule has 1 amide bonds. The largest absolute Gasteiger partial charge is 0.351 e. The maximum Gasteiger partial charge on any atom is 0.251 e. The van der Waals surface area contributed by atoms with E-state index in [2.05, 4.69) is 39.2 Å². The highest BCUT2D eigenvalue weighted by Crippen LogP contribution is 2.26. The second-order valence-electron chi connectivity index (χ2n) is 8.52. The fourth-order valence-electron chi connectivity index (χ4n) is 4.81. The lowest BCUT2D eigenvalue weighted by Crippen LogP contribution is -2.50. The van der Waals surface area contributed by atoms with Crippen LogP contribution in [0.15, 0.2) is 18.2 Å². The van der Waals surface area contributed by atoms with Crippen molar-refractivity contribution in [2.24, 2.45) is 0 Å². The van der Waals surface area contributed by atoms with Gasteiger partial charge in [-0.3, -0.25) is 9.69 Å². The van der Waals surface area contributed by atoms with Crippen LogP contribution in [0.4, 0.5) is 0 Å². The Kier molecular flexibility index (Phi) is 6.11. The number of amides is 1. The van der Waals surface area contributed by atoms with Gasteiger partial charge in [0, 0.05) is 50.9 Å². The molecule has 27 heavy (non-hydrogen) atoms. The lowest BCUT2D eigenvalue weighted by Gasteiger charge is -2.40. The lowest BCUT2D eigenvalue weighted by molar-refractivity contribution is 0.0949. The number of nitrogens with one attached hydrogen (secondary N) is 1. The summed E-state index contributed by atoms with van der Waals surface area (Å²) in [6, 6.07) is 7.04. The quantitative estimate of drug-likeness (QED) is 0.855. The van der Waals surface area contributed by atoms with Gasteiger partial charge in [0.2, 0.25) is 0 Å². The Balaban J connectivity index is 1.30. The van der Waals surface area contributed by atoms with Crippen LogP contribution in [-0.2, 0) is 12.8 Å². The Labute approximate surface area is 163 Å². The SMILES string of the molecule is CN1CCN(C2CCc3cc(C(=O)NCCN4CCCC4)ccc3C2)CC1. The number of hydrogen-bond acceptors (Lipinski definition) is 4. The van der Waals surface area contributed by atoms with Crippen LogP contribution in [0, 0.1) is 0 Å². The molecule has 5 nitrogen and oxygen atoms in total. The lowest BCUT2D eigenvalue weighted by atomic mass is 9.86. The highest BCUT2D eigenvalue weighted by molar-refractivity contribution is 5.94. The summed E-state index contributed by atoms with van der Waals surface area (Å²) in [5.41, 5.74) is 3.65. The van der Waals surface area contributed by atoms with Crippen LogP contribution in [-0.4, -0.2) is 86.1 Å². The third-order valence-corrected chi connectivity index (χ3v) is 6.64. The van der Waals surface area contributed by atoms with Crippen molar-refractivity contribution in [3.63, 3.8) is 0 Å². The molecule has 0 radical (unpaired) electrons. The van der Waals surface area contributed by atoms with Crippen molar-refractivity contribution in [1.82, 2.24) is 20.0 Å². The van der Waals surface area contributed by atoms with E-state index < -0.39 is 0 Å². The van der Waals surface area contributed by atoms with E-state index in [1.165, 1.54) is 69.7 Å². The number of piperazine rings is 1. The molecule has 1 aromatic carbocycles. The molecule has 2 aliphatic heterocycles. The molecule has 148 valence electrons. The van der Waals surface area contributed by atoms with Gasteiger partial charge < -0.3 is 15.1 Å². The zero-order chi connectivity index (χ0) is 18.6. The fraction of sp³-hybridized carbons (Fsp3) is 0.682. The Morgan fingerprint density at radius 2 is 1.85 bits per heavy atom. The predicted molar refractivity (Wildman–Crippen MR) is 109 cm³/mol. The van der Waals surface area contributed by atoms with Crippen molar-refractivity contribution in [2.45, 2.75) is 38.1 Å². The first-order chi connectivity index (χ1) is 13.2. The predicted octanol–water partition coefficient (Wildman–Crippen LogP) is 1.62. The molecule has 2 saturated heterocycles. The second-order valence-corrected chi connectivity index (χ2v) is 8.52. The van der Waals surface area contributed by atoms with Crippen LogP contribution in [0.5, 0.6) is 0 Å². The van der Waals surface area contributed by atoms with E-state index >= 15 is 0 Å². The van der Waals surface area contributed by atoms with Gasteiger partial charge in [-0.2, -0.15) is 0 Å². The summed E-state index contributed by atoms with van der Waals surface area (Å²) in [5.74, 6) is 0.0817. The van der Waals surface area contributed by atoms with E-state index in [1.807, 2.05) is 6.07 Å². The average Bonchev–Trinajstić information content (AvgIpc) is 3.21. The van der Waals surface area contributed by atoms with E-state index in [1.54, 1.807) is 0 Å². The first-order valence-electron chi connectivity index (χ1n) is 10.7. The average molecular weight is 371 g/mol. The number of hydrogen-bond donors (Lipinski definition) is 1. The molecule has 2 heterocycles. The van der Waals surface area contributed by atoms with Crippen molar-refractivity contribution >= 4 is 5.91 Å². The van der Waals surface area contributed by atoms with Gasteiger partial charge in [-0.05, 0) is 75.5 Å². The number of carbonyl (C=O) groups excluding carboxylic acids is 1. The molecular formula is C22H34N4O. The summed E-state index contributed by atoms with van der Waals surface area (Å²) in [4.78, 5) is 20.0. The highest BCUT2D eigenvalue weighted by Gasteiger charge is 2.26. The molecule has 4 rings (SSSR count). The summed E-state index contributed by atoms with van der Waals surface area (Å²) >= 11 is 0. The van der Waals surface area contributed by atoms with E-state index in [4.69, 9.17) is 0 Å². The first kappa shape index (κ1) is 18.9. The third kappa shape index (κ3) is 4.71. The number of likely N-dealkylation sites (N-methyl/N-ethyl adjacent to an activating group) is 1. The zero-order valence-corrected chi connectivity index (χ0v) is 16.8. The van der Waals surface area contributed by atoms with E-state index in [-0.39, 0.29) is 5.91 Å². The fourth-order valence-corrected chi connectivity index (χ4v) is 4.81. The van der Waals surface area contributed by atoms with Crippen LogP contribution in [0.25, 0.3) is 0 Å². The summed E-state index contributed by atoms with van der Waals surface area (Å²) in [5, 5.41) is 3.10. The third-order valence-electron chi connectivity index (χ3n) is 6.64. The number of rotatable bonds is 5. The second kappa shape index (κ2) is 8.72. The molecule has 0 spiro atoms. The van der Waals surface area contributed by atoms with Gasteiger partial charge in [-0.25, -0.2) is 0 Å². The summed E-state index contributed by atoms with van der Waals surface area (Å²) in [7, 11) is 2.21. The minimum absolute atomic E-state index is 0.0817. The Bertz CT molecular complexity index is 648. The maximum atomic E-state index is 12.5. The highest BCUT2D eigenvalue weighted by atomic mass is 16.1. The molecule has 1 aromatic rings. The van der Waals surface area contributed by atoms with Gasteiger partial charge in [0.15, 0.2) is 0 Å². The van der Waals surface area contributed by atoms with Gasteiger partial charge in [0.1, 0.15) is 0 Å². The first-order valence-corrected chi connectivity index (χ1v) is 10.7. The standard InChI is InChI=1S/C22H34N4O/c1-24-12-14-26(15-13-24)21-7-6-18-16-20(5-4-19(18)17-21)22(27)23-8-11-25-9-2-3-10-25/h4-5,16,21H,2-3,6-15,17H2,1H3,(H,23,27). The monoisotopic (exact) mass is 370 g/mol. The molecular weight excluding hydrogens is 336 g/mol. The molecule has 0 bridgehead atoms. The molecule has 0 aromatic heterocycles. The van der Waals surface area contributed by atoms with Crippen molar-refractivity contribution in [3.8, 4) is 0 Å². The maximum absolute atomic E-state index is 12.5. The Hall–Kier alpha value is -1.43. The number of fused-ring (bicyclic) bond motifs is 1. The van der Waals surface area contributed by atoms with Crippen LogP contribution >= 0.6 is 0 Å². The smallest absolute Gasteiger partial charge is 0.251 e. The van der Waals surface area contributed by atoms with Gasteiger partial charge in [0.05, 0.1) is 0 Å². The van der Waals surface area contributed by atoms with Gasteiger partial charge in [-0.15, -0.1) is 0 Å².